The van der Waals surface area contributed by atoms with Gasteiger partial charge in [0.25, 0.3) is 0 Å². The second-order valence-corrected chi connectivity index (χ2v) is 1.92. The van der Waals surface area contributed by atoms with Gasteiger partial charge in [0.1, 0.15) is 0 Å². The molecule has 0 fully saturated rings. The van der Waals surface area contributed by atoms with Gasteiger partial charge in [-0.2, -0.15) is 0 Å². The molecule has 1 aliphatic rings. The van der Waals surface area contributed by atoms with Crippen molar-refractivity contribution in [2.24, 2.45) is 0 Å². The second kappa shape index (κ2) is 6.56. The number of aliphatic hydroxyl groups excluding tert-OH is 1. The third kappa shape index (κ3) is 3.46. The Bertz CT molecular complexity index is 123. The molecule has 0 atom stereocenters. The smallest absolute Gasteiger partial charge is 0.0678 e. The molecule has 58 valence electrons. The van der Waals surface area contributed by atoms with Crippen molar-refractivity contribution in [1.29, 1.82) is 0 Å². The van der Waals surface area contributed by atoms with Gasteiger partial charge < -0.3 is 5.11 Å². The molecule has 1 heteroatoms. The van der Waals surface area contributed by atoms with E-state index in [0.717, 1.165) is 18.4 Å². The Labute approximate surface area is 63.1 Å². The lowest BCUT2D eigenvalue weighted by atomic mass is 10.1. The molecule has 10 heavy (non-hydrogen) atoms. The molecule has 1 nitrogen and oxygen atoms in total. The summed E-state index contributed by atoms with van der Waals surface area (Å²) >= 11 is 0. The van der Waals surface area contributed by atoms with Gasteiger partial charge in [-0.05, 0) is 18.4 Å². The first-order valence-corrected chi connectivity index (χ1v) is 3.90. The van der Waals surface area contributed by atoms with Crippen LogP contribution in [0.3, 0.4) is 0 Å². The lowest BCUT2D eigenvalue weighted by molar-refractivity contribution is 0.334. The summed E-state index contributed by atoms with van der Waals surface area (Å²) in [5.41, 5.74) is 1.05. The molecule has 1 aliphatic carbocycles. The highest BCUT2D eigenvalue weighted by atomic mass is 16.3. The maximum atomic E-state index is 8.57. The molecule has 0 radical (unpaired) electrons. The van der Waals surface area contributed by atoms with Crippen molar-refractivity contribution < 1.29 is 5.11 Å². The van der Waals surface area contributed by atoms with Gasteiger partial charge in [0.2, 0.25) is 0 Å². The maximum Gasteiger partial charge on any atom is 0.0678 e. The molecule has 0 aliphatic heterocycles. The zero-order valence-corrected chi connectivity index (χ0v) is 6.80. The topological polar surface area (TPSA) is 20.2 Å². The fourth-order valence-electron chi connectivity index (χ4n) is 0.785. The van der Waals surface area contributed by atoms with Gasteiger partial charge >= 0.3 is 0 Å². The lowest BCUT2D eigenvalue weighted by Gasteiger charge is -2.00. The van der Waals surface area contributed by atoms with E-state index in [4.69, 9.17) is 5.11 Å². The van der Waals surface area contributed by atoms with E-state index in [9.17, 15) is 0 Å². The predicted molar refractivity (Wildman–Crippen MR) is 44.9 cm³/mol. The summed E-state index contributed by atoms with van der Waals surface area (Å²) in [7, 11) is 0. The van der Waals surface area contributed by atoms with Gasteiger partial charge in [-0.3, -0.25) is 0 Å². The quantitative estimate of drug-likeness (QED) is 0.592. The molecule has 0 bridgehead atoms. The van der Waals surface area contributed by atoms with Gasteiger partial charge in [-0.25, -0.2) is 0 Å². The maximum absolute atomic E-state index is 8.57. The number of aliphatic hydroxyl groups is 1. The molecule has 0 amide bonds. The van der Waals surface area contributed by atoms with Crippen LogP contribution in [0.5, 0.6) is 0 Å². The molecule has 1 N–H and O–H groups in total. The minimum atomic E-state index is 0.191. The molecule has 0 aromatic heterocycles. The molecule has 0 heterocycles. The average molecular weight is 140 g/mol. The highest BCUT2D eigenvalue weighted by molar-refractivity contribution is 5.21. The van der Waals surface area contributed by atoms with Crippen LogP contribution in [0.2, 0.25) is 0 Å². The van der Waals surface area contributed by atoms with Crippen LogP contribution in [0.25, 0.3) is 0 Å². The largest absolute Gasteiger partial charge is 0.392 e. The van der Waals surface area contributed by atoms with Crippen LogP contribution in [0.1, 0.15) is 26.7 Å². The van der Waals surface area contributed by atoms with Gasteiger partial charge in [0.05, 0.1) is 6.61 Å². The van der Waals surface area contributed by atoms with Crippen molar-refractivity contribution >= 4 is 0 Å². The number of allylic oxidation sites excluding steroid dienone is 2. The molecule has 0 unspecified atom stereocenters. The Hall–Kier alpha value is -0.560. The fraction of sp³-hybridized carbons (Fsp3) is 0.556. The molecular formula is C9H16O. The van der Waals surface area contributed by atoms with Crippen LogP contribution in [0, 0.1) is 0 Å². The molecule has 0 saturated heterocycles. The second-order valence-electron chi connectivity index (χ2n) is 1.92. The van der Waals surface area contributed by atoms with Gasteiger partial charge in [-0.15, -0.1) is 0 Å². The van der Waals surface area contributed by atoms with Gasteiger partial charge in [-0.1, -0.05) is 32.1 Å². The zero-order chi connectivity index (χ0) is 7.82. The summed E-state index contributed by atoms with van der Waals surface area (Å²) in [5, 5.41) is 8.57. The Morgan fingerprint density at radius 3 is 2.40 bits per heavy atom. The van der Waals surface area contributed by atoms with Crippen molar-refractivity contribution in [3.8, 4) is 0 Å². The van der Waals surface area contributed by atoms with Crippen molar-refractivity contribution in [3.63, 3.8) is 0 Å². The summed E-state index contributed by atoms with van der Waals surface area (Å²) in [6.45, 7) is 4.19. The summed E-state index contributed by atoms with van der Waals surface area (Å²) < 4.78 is 0. The third-order valence-corrected chi connectivity index (χ3v) is 1.25. The minimum absolute atomic E-state index is 0.191. The highest BCUT2D eigenvalue weighted by Gasteiger charge is 1.91. The fourth-order valence-corrected chi connectivity index (χ4v) is 0.785. The highest BCUT2D eigenvalue weighted by Crippen LogP contribution is 2.07. The molecule has 0 spiro atoms. The van der Waals surface area contributed by atoms with Crippen LogP contribution in [-0.2, 0) is 0 Å². The van der Waals surface area contributed by atoms with Crippen LogP contribution in [-0.4, -0.2) is 11.7 Å². The van der Waals surface area contributed by atoms with E-state index >= 15 is 0 Å². The average Bonchev–Trinajstić information content (AvgIpc) is 2.10. The van der Waals surface area contributed by atoms with E-state index in [0.29, 0.717) is 0 Å². The van der Waals surface area contributed by atoms with Crippen molar-refractivity contribution in [3.05, 3.63) is 23.8 Å². The summed E-state index contributed by atoms with van der Waals surface area (Å²) in [5.74, 6) is 0. The third-order valence-electron chi connectivity index (χ3n) is 1.25. The Morgan fingerprint density at radius 1 is 1.40 bits per heavy atom. The predicted octanol–water partition coefficient (Wildman–Crippen LogP) is 2.28. The molecule has 1 rings (SSSR count). The SMILES string of the molecule is CC.OCC1=CCCC=C1. The van der Waals surface area contributed by atoms with Crippen LogP contribution in [0.15, 0.2) is 23.8 Å². The molecular weight excluding hydrogens is 124 g/mol. The van der Waals surface area contributed by atoms with Crippen molar-refractivity contribution in [2.45, 2.75) is 26.7 Å². The first-order chi connectivity index (χ1) is 4.93. The monoisotopic (exact) mass is 140 g/mol. The van der Waals surface area contributed by atoms with E-state index < -0.39 is 0 Å². The van der Waals surface area contributed by atoms with Crippen LogP contribution in [0.4, 0.5) is 0 Å². The molecule has 0 saturated carbocycles. The standard InChI is InChI=1S/C7H10O.C2H6/c8-6-7-4-2-1-3-5-7;1-2/h2,4-5,8H,1,3,6H2;1-2H3. The molecule has 0 aromatic carbocycles. The summed E-state index contributed by atoms with van der Waals surface area (Å²) in [6.07, 6.45) is 8.35. The van der Waals surface area contributed by atoms with Gasteiger partial charge in [0, 0.05) is 0 Å². The normalized spacial score (nSPS) is 15.3. The van der Waals surface area contributed by atoms with Gasteiger partial charge in [0.15, 0.2) is 0 Å². The summed E-state index contributed by atoms with van der Waals surface area (Å²) in [4.78, 5) is 0. The van der Waals surface area contributed by atoms with E-state index in [1.807, 2.05) is 19.9 Å². The van der Waals surface area contributed by atoms with Crippen LogP contribution >= 0.6 is 0 Å². The number of hydrogen-bond acceptors (Lipinski definition) is 1. The van der Waals surface area contributed by atoms with Crippen LogP contribution < -0.4 is 0 Å². The molecule has 0 aromatic rings. The minimum Gasteiger partial charge on any atom is -0.392 e. The number of hydrogen-bond donors (Lipinski definition) is 1. The lowest BCUT2D eigenvalue weighted by Crippen LogP contribution is -1.88. The van der Waals surface area contributed by atoms with E-state index in [1.165, 1.54) is 0 Å². The summed E-state index contributed by atoms with van der Waals surface area (Å²) in [6, 6.07) is 0. The van der Waals surface area contributed by atoms with E-state index in [1.54, 1.807) is 0 Å². The Balaban J connectivity index is 0.000000371. The Morgan fingerprint density at radius 2 is 2.10 bits per heavy atom. The van der Waals surface area contributed by atoms with E-state index in [2.05, 4.69) is 12.2 Å². The zero-order valence-electron chi connectivity index (χ0n) is 6.80. The van der Waals surface area contributed by atoms with Crippen molar-refractivity contribution in [2.75, 3.05) is 6.61 Å². The van der Waals surface area contributed by atoms with E-state index in [-0.39, 0.29) is 6.61 Å². The Kier molecular flexibility index (Phi) is 6.19. The van der Waals surface area contributed by atoms with Crippen molar-refractivity contribution in [1.82, 2.24) is 0 Å². The first-order valence-electron chi connectivity index (χ1n) is 3.90. The number of rotatable bonds is 1. The first kappa shape index (κ1) is 9.44.